The lowest BCUT2D eigenvalue weighted by molar-refractivity contribution is 0.0662. The molecule has 152 valence electrons. The molecule has 0 spiro atoms. The zero-order valence-electron chi connectivity index (χ0n) is 17.2. The summed E-state index contributed by atoms with van der Waals surface area (Å²) in [6.07, 6.45) is 0.890. The van der Waals surface area contributed by atoms with Crippen LogP contribution in [0.1, 0.15) is 61.8 Å². The van der Waals surface area contributed by atoms with Crippen molar-refractivity contribution < 1.29 is 13.7 Å². The Morgan fingerprint density at radius 3 is 2.54 bits per heavy atom. The molecule has 1 fully saturated rings. The number of hydrogen-bond donors (Lipinski definition) is 0. The molecule has 6 heteroatoms. The van der Waals surface area contributed by atoms with Gasteiger partial charge >= 0.3 is 0 Å². The van der Waals surface area contributed by atoms with E-state index < -0.39 is 0 Å². The first-order valence-electron chi connectivity index (χ1n) is 10.1. The van der Waals surface area contributed by atoms with Gasteiger partial charge in [-0.05, 0) is 36.0 Å². The van der Waals surface area contributed by atoms with Gasteiger partial charge in [-0.1, -0.05) is 45.0 Å². The van der Waals surface area contributed by atoms with Crippen LogP contribution in [-0.4, -0.2) is 46.5 Å². The molecule has 28 heavy (non-hydrogen) atoms. The molecule has 3 rings (SSSR count). The first kappa shape index (κ1) is 20.5. The third kappa shape index (κ3) is 4.79. The average Bonchev–Trinajstić information content (AvgIpc) is 3.06. The second kappa shape index (κ2) is 8.86. The average molecular weight is 387 g/mol. The molecule has 0 aliphatic carbocycles. The van der Waals surface area contributed by atoms with E-state index in [-0.39, 0.29) is 23.7 Å². The van der Waals surface area contributed by atoms with Crippen molar-refractivity contribution in [1.82, 2.24) is 15.0 Å². The molecule has 1 atom stereocenters. The van der Waals surface area contributed by atoms with Crippen LogP contribution < -0.4 is 0 Å². The molecule has 1 aromatic heterocycles. The topological polar surface area (TPSA) is 49.6 Å². The Morgan fingerprint density at radius 2 is 1.93 bits per heavy atom. The number of rotatable bonds is 5. The van der Waals surface area contributed by atoms with Crippen molar-refractivity contribution in [2.45, 2.75) is 52.6 Å². The van der Waals surface area contributed by atoms with E-state index in [0.717, 1.165) is 30.8 Å². The minimum atomic E-state index is -0.218. The number of halogens is 1. The lowest BCUT2D eigenvalue weighted by Gasteiger charge is -2.34. The molecule has 1 aliphatic heterocycles. The van der Waals surface area contributed by atoms with E-state index in [1.54, 1.807) is 6.07 Å². The van der Waals surface area contributed by atoms with E-state index in [9.17, 15) is 9.18 Å². The van der Waals surface area contributed by atoms with Gasteiger partial charge in [-0.2, -0.15) is 0 Å². The normalized spacial score (nSPS) is 18.7. The summed E-state index contributed by atoms with van der Waals surface area (Å²) in [5.74, 6) is 0.621. The summed E-state index contributed by atoms with van der Waals surface area (Å²) < 4.78 is 18.5. The third-order valence-electron chi connectivity index (χ3n) is 5.44. The highest BCUT2D eigenvalue weighted by molar-refractivity contribution is 5.91. The summed E-state index contributed by atoms with van der Waals surface area (Å²) in [5, 5.41) is 4.02. The maximum atomic E-state index is 13.2. The first-order valence-corrected chi connectivity index (χ1v) is 10.1. The Kier molecular flexibility index (Phi) is 6.50. The lowest BCUT2D eigenvalue weighted by atomic mass is 10.0. The second-order valence-electron chi connectivity index (χ2n) is 8.28. The quantitative estimate of drug-likeness (QED) is 0.767. The fourth-order valence-corrected chi connectivity index (χ4v) is 3.72. The van der Waals surface area contributed by atoms with E-state index >= 15 is 0 Å². The molecule has 1 saturated heterocycles. The predicted octanol–water partition coefficient (Wildman–Crippen LogP) is 4.31. The van der Waals surface area contributed by atoms with Crippen molar-refractivity contribution in [1.29, 1.82) is 0 Å². The number of aromatic nitrogens is 1. The Balaban J connectivity index is 1.74. The standard InChI is InChI=1S/C22H30FN3O2/c1-15(2)19-12-21(28-24-19)22(27)26-11-5-10-25(20(14-26)16(3)4)13-17-6-8-18(23)9-7-17/h6-9,12,15-16,20H,5,10-11,13-14H2,1-4H3/t20-/m1/s1. The van der Waals surface area contributed by atoms with Crippen molar-refractivity contribution in [3.63, 3.8) is 0 Å². The van der Waals surface area contributed by atoms with E-state index in [4.69, 9.17) is 4.52 Å². The Bertz CT molecular complexity index is 785. The summed E-state index contributed by atoms with van der Waals surface area (Å²) in [6.45, 7) is 11.4. The van der Waals surface area contributed by atoms with Crippen LogP contribution in [0.4, 0.5) is 4.39 Å². The van der Waals surface area contributed by atoms with Crippen LogP contribution in [0, 0.1) is 11.7 Å². The zero-order chi connectivity index (χ0) is 20.3. The van der Waals surface area contributed by atoms with Gasteiger partial charge in [0.1, 0.15) is 5.82 Å². The monoisotopic (exact) mass is 387 g/mol. The van der Waals surface area contributed by atoms with Gasteiger partial charge in [0.25, 0.3) is 5.91 Å². The van der Waals surface area contributed by atoms with Gasteiger partial charge < -0.3 is 9.42 Å². The van der Waals surface area contributed by atoms with E-state index in [2.05, 4.69) is 23.9 Å². The highest BCUT2D eigenvalue weighted by atomic mass is 19.1. The fourth-order valence-electron chi connectivity index (χ4n) is 3.72. The summed E-state index contributed by atoms with van der Waals surface area (Å²) in [6, 6.07) is 8.67. The Labute approximate surface area is 166 Å². The van der Waals surface area contributed by atoms with Gasteiger partial charge in [-0.15, -0.1) is 0 Å². The van der Waals surface area contributed by atoms with E-state index in [1.807, 2.05) is 30.9 Å². The van der Waals surface area contributed by atoms with Crippen LogP contribution in [0.2, 0.25) is 0 Å². The summed E-state index contributed by atoms with van der Waals surface area (Å²) in [4.78, 5) is 17.3. The molecule has 1 amide bonds. The molecule has 0 radical (unpaired) electrons. The largest absolute Gasteiger partial charge is 0.351 e. The van der Waals surface area contributed by atoms with Gasteiger partial charge in [-0.3, -0.25) is 9.69 Å². The second-order valence-corrected chi connectivity index (χ2v) is 8.28. The minimum absolute atomic E-state index is 0.0892. The van der Waals surface area contributed by atoms with Gasteiger partial charge in [0.05, 0.1) is 5.69 Å². The Hall–Kier alpha value is -2.21. The molecular weight excluding hydrogens is 357 g/mol. The number of hydrogen-bond acceptors (Lipinski definition) is 4. The van der Waals surface area contributed by atoms with Crippen molar-refractivity contribution >= 4 is 5.91 Å². The maximum Gasteiger partial charge on any atom is 0.292 e. The molecule has 0 N–H and O–H groups in total. The van der Waals surface area contributed by atoms with Gasteiger partial charge in [0, 0.05) is 38.3 Å². The van der Waals surface area contributed by atoms with Crippen LogP contribution in [-0.2, 0) is 6.54 Å². The van der Waals surface area contributed by atoms with Crippen molar-refractivity contribution in [2.75, 3.05) is 19.6 Å². The summed E-state index contributed by atoms with van der Waals surface area (Å²) in [7, 11) is 0. The highest BCUT2D eigenvalue weighted by Crippen LogP contribution is 2.22. The SMILES string of the molecule is CC(C)c1cc(C(=O)N2CCCN(Cc3ccc(F)cc3)[C@@H](C(C)C)C2)on1. The minimum Gasteiger partial charge on any atom is -0.351 e. The zero-order valence-corrected chi connectivity index (χ0v) is 17.2. The fraction of sp³-hybridized carbons (Fsp3) is 0.545. The van der Waals surface area contributed by atoms with Gasteiger partial charge in [0.15, 0.2) is 0 Å². The number of carbonyl (C=O) groups excluding carboxylic acids is 1. The van der Waals surface area contributed by atoms with Crippen LogP contribution in [0.25, 0.3) is 0 Å². The Morgan fingerprint density at radius 1 is 1.21 bits per heavy atom. The number of carbonyl (C=O) groups is 1. The molecule has 1 aliphatic rings. The smallest absolute Gasteiger partial charge is 0.292 e. The van der Waals surface area contributed by atoms with E-state index in [0.29, 0.717) is 24.8 Å². The van der Waals surface area contributed by atoms with Gasteiger partial charge in [0.2, 0.25) is 5.76 Å². The molecule has 0 saturated carbocycles. The molecule has 2 heterocycles. The molecular formula is C22H30FN3O2. The van der Waals surface area contributed by atoms with Crippen LogP contribution in [0.15, 0.2) is 34.9 Å². The van der Waals surface area contributed by atoms with Crippen molar-refractivity contribution in [3.8, 4) is 0 Å². The lowest BCUT2D eigenvalue weighted by Crippen LogP contribution is -2.45. The van der Waals surface area contributed by atoms with Gasteiger partial charge in [-0.25, -0.2) is 4.39 Å². The van der Waals surface area contributed by atoms with Crippen LogP contribution >= 0.6 is 0 Å². The summed E-state index contributed by atoms with van der Waals surface area (Å²) >= 11 is 0. The molecule has 0 unspecified atom stereocenters. The number of amides is 1. The highest BCUT2D eigenvalue weighted by Gasteiger charge is 2.31. The van der Waals surface area contributed by atoms with E-state index in [1.165, 1.54) is 12.1 Å². The van der Waals surface area contributed by atoms with Crippen LogP contribution in [0.3, 0.4) is 0 Å². The summed E-state index contributed by atoms with van der Waals surface area (Å²) in [5.41, 5.74) is 1.89. The molecule has 0 bridgehead atoms. The van der Waals surface area contributed by atoms with Crippen molar-refractivity contribution in [3.05, 3.63) is 53.2 Å². The van der Waals surface area contributed by atoms with Crippen molar-refractivity contribution in [2.24, 2.45) is 5.92 Å². The first-order chi connectivity index (χ1) is 13.3. The van der Waals surface area contributed by atoms with Crippen LogP contribution in [0.5, 0.6) is 0 Å². The molecule has 2 aromatic rings. The number of nitrogens with zero attached hydrogens (tertiary/aromatic N) is 3. The molecule has 5 nitrogen and oxygen atoms in total. The molecule has 1 aromatic carbocycles. The third-order valence-corrected chi connectivity index (χ3v) is 5.44. The number of benzene rings is 1. The maximum absolute atomic E-state index is 13.2. The predicted molar refractivity (Wildman–Crippen MR) is 107 cm³/mol.